The zero-order valence-electron chi connectivity index (χ0n) is 17.2. The van der Waals surface area contributed by atoms with E-state index >= 15 is 0 Å². The standard InChI is InChI=1S/C21H24FN5O3S/c1-31(29,30)15-14-24-10-12-26(13-11-24)21(28)19-16-23-27(18-6-4-17(22)5-7-18)20(19)25-8-2-3-9-25/h2-9,16H,10-15H2,1H3. The molecule has 2 aromatic heterocycles. The summed E-state index contributed by atoms with van der Waals surface area (Å²) >= 11 is 0. The van der Waals surface area contributed by atoms with Gasteiger partial charge in [-0.15, -0.1) is 0 Å². The number of rotatable bonds is 6. The minimum atomic E-state index is -3.01. The summed E-state index contributed by atoms with van der Waals surface area (Å²) in [5, 5.41) is 4.41. The predicted molar refractivity (Wildman–Crippen MR) is 115 cm³/mol. The first-order valence-corrected chi connectivity index (χ1v) is 12.0. The van der Waals surface area contributed by atoms with Crippen LogP contribution in [0.4, 0.5) is 4.39 Å². The van der Waals surface area contributed by atoms with Crippen LogP contribution >= 0.6 is 0 Å². The van der Waals surface area contributed by atoms with Crippen molar-refractivity contribution in [3.8, 4) is 11.5 Å². The molecule has 0 spiro atoms. The van der Waals surface area contributed by atoms with Crippen molar-refractivity contribution >= 4 is 15.7 Å². The molecule has 1 saturated heterocycles. The van der Waals surface area contributed by atoms with Gasteiger partial charge in [0.05, 0.1) is 17.6 Å². The molecule has 0 atom stereocenters. The average Bonchev–Trinajstić information content (AvgIpc) is 3.42. The van der Waals surface area contributed by atoms with Gasteiger partial charge >= 0.3 is 0 Å². The summed E-state index contributed by atoms with van der Waals surface area (Å²) in [6.45, 7) is 2.72. The minimum Gasteiger partial charge on any atom is -0.336 e. The topological polar surface area (TPSA) is 80.4 Å². The van der Waals surface area contributed by atoms with Crippen molar-refractivity contribution in [1.82, 2.24) is 24.1 Å². The van der Waals surface area contributed by atoms with Gasteiger partial charge in [0, 0.05) is 51.4 Å². The molecule has 10 heteroatoms. The molecule has 164 valence electrons. The highest BCUT2D eigenvalue weighted by atomic mass is 32.2. The van der Waals surface area contributed by atoms with E-state index in [2.05, 4.69) is 10.00 Å². The number of hydrogen-bond acceptors (Lipinski definition) is 5. The molecule has 4 rings (SSSR count). The molecule has 0 N–H and O–H groups in total. The summed E-state index contributed by atoms with van der Waals surface area (Å²) in [5.74, 6) is 0.216. The van der Waals surface area contributed by atoms with Crippen LogP contribution < -0.4 is 0 Å². The van der Waals surface area contributed by atoms with Gasteiger partial charge in [-0.3, -0.25) is 9.69 Å². The summed E-state index contributed by atoms with van der Waals surface area (Å²) in [7, 11) is -3.01. The maximum Gasteiger partial charge on any atom is 0.259 e. The highest BCUT2D eigenvalue weighted by Crippen LogP contribution is 2.22. The lowest BCUT2D eigenvalue weighted by atomic mass is 10.2. The predicted octanol–water partition coefficient (Wildman–Crippen LogP) is 1.60. The van der Waals surface area contributed by atoms with E-state index < -0.39 is 9.84 Å². The summed E-state index contributed by atoms with van der Waals surface area (Å²) < 4.78 is 39.6. The number of carbonyl (C=O) groups excluding carboxylic acids is 1. The van der Waals surface area contributed by atoms with Gasteiger partial charge in [-0.1, -0.05) is 0 Å². The molecule has 1 amide bonds. The third kappa shape index (κ3) is 4.86. The Bertz CT molecular complexity index is 1150. The second-order valence-corrected chi connectivity index (χ2v) is 9.88. The Balaban J connectivity index is 1.56. The van der Waals surface area contributed by atoms with Crippen LogP contribution in [0.3, 0.4) is 0 Å². The third-order valence-corrected chi connectivity index (χ3v) is 6.26. The number of nitrogens with zero attached hydrogens (tertiary/aromatic N) is 5. The molecule has 31 heavy (non-hydrogen) atoms. The van der Waals surface area contributed by atoms with Gasteiger partial charge in [-0.05, 0) is 36.4 Å². The fourth-order valence-electron chi connectivity index (χ4n) is 3.63. The zero-order valence-corrected chi connectivity index (χ0v) is 18.0. The van der Waals surface area contributed by atoms with Crippen molar-refractivity contribution < 1.29 is 17.6 Å². The van der Waals surface area contributed by atoms with Crippen molar-refractivity contribution in [3.63, 3.8) is 0 Å². The molecular formula is C21H24FN5O3S. The number of benzene rings is 1. The molecule has 0 radical (unpaired) electrons. The molecule has 0 bridgehead atoms. The Morgan fingerprint density at radius 3 is 2.32 bits per heavy atom. The number of hydrogen-bond donors (Lipinski definition) is 0. The Labute approximate surface area is 180 Å². The number of aromatic nitrogens is 3. The van der Waals surface area contributed by atoms with Crippen LogP contribution in [0.25, 0.3) is 11.5 Å². The van der Waals surface area contributed by atoms with Crippen molar-refractivity contribution in [2.45, 2.75) is 0 Å². The van der Waals surface area contributed by atoms with Gasteiger partial charge in [0.2, 0.25) is 0 Å². The fourth-order valence-corrected chi connectivity index (χ4v) is 4.22. The summed E-state index contributed by atoms with van der Waals surface area (Å²) in [6.07, 6.45) is 6.43. The van der Waals surface area contributed by atoms with Crippen molar-refractivity contribution in [2.75, 3.05) is 44.7 Å². The largest absolute Gasteiger partial charge is 0.336 e. The fraction of sp³-hybridized carbons (Fsp3) is 0.333. The first kappa shape index (κ1) is 21.3. The summed E-state index contributed by atoms with van der Waals surface area (Å²) in [6, 6.07) is 9.66. The molecule has 1 aromatic carbocycles. The van der Waals surface area contributed by atoms with E-state index in [0.717, 1.165) is 0 Å². The lowest BCUT2D eigenvalue weighted by Crippen LogP contribution is -2.49. The van der Waals surface area contributed by atoms with E-state index in [4.69, 9.17) is 0 Å². The quantitative estimate of drug-likeness (QED) is 0.576. The van der Waals surface area contributed by atoms with Gasteiger partial charge in [0.25, 0.3) is 5.91 Å². The van der Waals surface area contributed by atoms with Crippen molar-refractivity contribution in [1.29, 1.82) is 0 Å². The van der Waals surface area contributed by atoms with E-state index in [-0.39, 0.29) is 17.5 Å². The molecule has 1 aliphatic heterocycles. The number of piperazine rings is 1. The van der Waals surface area contributed by atoms with E-state index in [1.54, 1.807) is 21.7 Å². The maximum atomic E-state index is 13.4. The van der Waals surface area contributed by atoms with Crippen LogP contribution in [-0.4, -0.2) is 83.2 Å². The van der Waals surface area contributed by atoms with Gasteiger partial charge < -0.3 is 9.47 Å². The Hall–Kier alpha value is -2.98. The van der Waals surface area contributed by atoms with E-state index in [1.165, 1.54) is 24.6 Å². The van der Waals surface area contributed by atoms with Gasteiger partial charge in [-0.2, -0.15) is 5.10 Å². The molecule has 3 aromatic rings. The molecule has 0 unspecified atom stereocenters. The maximum absolute atomic E-state index is 13.4. The average molecular weight is 446 g/mol. The van der Waals surface area contributed by atoms with Gasteiger partial charge in [0.1, 0.15) is 21.2 Å². The smallest absolute Gasteiger partial charge is 0.259 e. The van der Waals surface area contributed by atoms with Gasteiger partial charge in [0.15, 0.2) is 5.82 Å². The van der Waals surface area contributed by atoms with E-state index in [9.17, 15) is 17.6 Å². The Kier molecular flexibility index (Phi) is 5.92. The Morgan fingerprint density at radius 1 is 1.06 bits per heavy atom. The molecular weight excluding hydrogens is 421 g/mol. The second kappa shape index (κ2) is 8.64. The van der Waals surface area contributed by atoms with Crippen LogP contribution in [0.1, 0.15) is 10.4 Å². The zero-order chi connectivity index (χ0) is 22.0. The van der Waals surface area contributed by atoms with E-state index in [1.807, 2.05) is 29.1 Å². The number of sulfone groups is 1. The highest BCUT2D eigenvalue weighted by Gasteiger charge is 2.27. The normalized spacial score (nSPS) is 15.4. The third-order valence-electron chi connectivity index (χ3n) is 5.33. The van der Waals surface area contributed by atoms with E-state index in [0.29, 0.717) is 49.8 Å². The lowest BCUT2D eigenvalue weighted by molar-refractivity contribution is 0.0644. The van der Waals surface area contributed by atoms with Crippen molar-refractivity contribution in [3.05, 3.63) is 66.4 Å². The van der Waals surface area contributed by atoms with Crippen LogP contribution in [-0.2, 0) is 9.84 Å². The summed E-state index contributed by atoms with van der Waals surface area (Å²) in [5.41, 5.74) is 1.10. The molecule has 3 heterocycles. The number of carbonyl (C=O) groups is 1. The second-order valence-electron chi connectivity index (χ2n) is 7.62. The SMILES string of the molecule is CS(=O)(=O)CCN1CCN(C(=O)c2cnn(-c3ccc(F)cc3)c2-n2cccc2)CC1. The van der Waals surface area contributed by atoms with Gasteiger partial charge in [-0.25, -0.2) is 17.5 Å². The van der Waals surface area contributed by atoms with Crippen LogP contribution in [0, 0.1) is 5.82 Å². The minimum absolute atomic E-state index is 0.114. The highest BCUT2D eigenvalue weighted by molar-refractivity contribution is 7.90. The van der Waals surface area contributed by atoms with Crippen LogP contribution in [0.5, 0.6) is 0 Å². The molecule has 1 fully saturated rings. The number of amides is 1. The molecule has 1 aliphatic rings. The first-order chi connectivity index (χ1) is 14.8. The van der Waals surface area contributed by atoms with Crippen LogP contribution in [0.2, 0.25) is 0 Å². The monoisotopic (exact) mass is 445 g/mol. The lowest BCUT2D eigenvalue weighted by Gasteiger charge is -2.34. The first-order valence-electron chi connectivity index (χ1n) is 9.98. The van der Waals surface area contributed by atoms with Crippen LogP contribution in [0.15, 0.2) is 55.0 Å². The van der Waals surface area contributed by atoms with Crippen molar-refractivity contribution in [2.24, 2.45) is 0 Å². The molecule has 0 aliphatic carbocycles. The molecule has 8 nitrogen and oxygen atoms in total. The molecule has 0 saturated carbocycles. The summed E-state index contributed by atoms with van der Waals surface area (Å²) in [4.78, 5) is 17.1. The Morgan fingerprint density at radius 2 is 1.71 bits per heavy atom. The number of halogens is 1.